The molecule has 0 radical (unpaired) electrons. The first-order valence-corrected chi connectivity index (χ1v) is 9.48. The molecule has 2 aromatic rings. The van der Waals surface area contributed by atoms with Crippen LogP contribution in [0.15, 0.2) is 42.5 Å². The third-order valence-electron chi connectivity index (χ3n) is 5.12. The van der Waals surface area contributed by atoms with Crippen LogP contribution in [0.3, 0.4) is 0 Å². The number of carbonyl (C=O) groups excluding carboxylic acids is 3. The Morgan fingerprint density at radius 3 is 2.21 bits per heavy atom. The van der Waals surface area contributed by atoms with E-state index in [0.29, 0.717) is 12.2 Å². The highest BCUT2D eigenvalue weighted by Crippen LogP contribution is 2.32. The van der Waals surface area contributed by atoms with Crippen molar-refractivity contribution in [2.24, 2.45) is 5.92 Å². The third-order valence-corrected chi connectivity index (χ3v) is 5.12. The number of hydrogen-bond acceptors (Lipinski definition) is 4. The summed E-state index contributed by atoms with van der Waals surface area (Å²) >= 11 is 0. The Kier molecular flexibility index (Phi) is 5.78. The van der Waals surface area contributed by atoms with E-state index in [1.54, 1.807) is 4.90 Å². The Morgan fingerprint density at radius 1 is 1.07 bits per heavy atom. The van der Waals surface area contributed by atoms with Gasteiger partial charge in [0.2, 0.25) is 11.8 Å². The Labute approximate surface area is 164 Å². The average molecular weight is 379 g/mol. The fourth-order valence-corrected chi connectivity index (χ4v) is 3.60. The zero-order chi connectivity index (χ0) is 20.3. The molecule has 2 amide bonds. The zero-order valence-corrected chi connectivity index (χ0v) is 16.0. The molecule has 1 N–H and O–H groups in total. The molecule has 1 saturated heterocycles. The molecule has 0 saturated carbocycles. The normalized spacial score (nSPS) is 16.3. The maximum Gasteiger partial charge on any atom is 0.229 e. The molecule has 1 fully saturated rings. The number of aryl methyl sites for hydroxylation is 2. The van der Waals surface area contributed by atoms with Crippen molar-refractivity contribution >= 4 is 29.2 Å². The van der Waals surface area contributed by atoms with Crippen molar-refractivity contribution < 1.29 is 19.5 Å². The lowest BCUT2D eigenvalue weighted by Gasteiger charge is -2.23. The lowest BCUT2D eigenvalue weighted by atomic mass is 10.0. The summed E-state index contributed by atoms with van der Waals surface area (Å²) in [5.41, 5.74) is 3.68. The minimum Gasteiger partial charge on any atom is -0.545 e. The molecule has 146 valence electrons. The van der Waals surface area contributed by atoms with Crippen LogP contribution in [-0.2, 0) is 22.4 Å². The molecule has 2 aromatic carbocycles. The van der Waals surface area contributed by atoms with Crippen LogP contribution in [0.1, 0.15) is 41.8 Å². The van der Waals surface area contributed by atoms with Gasteiger partial charge in [-0.2, -0.15) is 0 Å². The number of nitrogens with zero attached hydrogens (tertiary/aromatic N) is 1. The van der Waals surface area contributed by atoms with Gasteiger partial charge < -0.3 is 20.1 Å². The number of benzene rings is 2. The first-order valence-electron chi connectivity index (χ1n) is 9.48. The standard InChI is InChI=1S/C22H24N2O4/c1-3-14-6-5-7-15(4-2)20(14)24-13-17(12-19(24)25)21(26)23-18-10-8-16(9-11-18)22(27)28/h5-11,17H,3-4,12-13H2,1-2H3,(H,23,26)(H,27,28)/p-1/t17-/m1/s1. The molecule has 0 bridgehead atoms. The van der Waals surface area contributed by atoms with Crippen LogP contribution < -0.4 is 15.3 Å². The molecule has 0 aromatic heterocycles. The first-order chi connectivity index (χ1) is 13.4. The van der Waals surface area contributed by atoms with Gasteiger partial charge >= 0.3 is 0 Å². The minimum absolute atomic E-state index is 0.0449. The van der Waals surface area contributed by atoms with Gasteiger partial charge in [-0.1, -0.05) is 44.2 Å². The van der Waals surface area contributed by atoms with E-state index in [4.69, 9.17) is 0 Å². The number of nitrogens with one attached hydrogen (secondary N) is 1. The van der Waals surface area contributed by atoms with Crippen molar-refractivity contribution in [2.45, 2.75) is 33.1 Å². The van der Waals surface area contributed by atoms with Gasteiger partial charge in [-0.3, -0.25) is 9.59 Å². The van der Waals surface area contributed by atoms with Crippen molar-refractivity contribution in [1.29, 1.82) is 0 Å². The number of carboxylic acids is 1. The van der Waals surface area contributed by atoms with E-state index in [-0.39, 0.29) is 23.8 Å². The van der Waals surface area contributed by atoms with Gasteiger partial charge in [-0.05, 0) is 41.7 Å². The van der Waals surface area contributed by atoms with Gasteiger partial charge in [-0.15, -0.1) is 0 Å². The monoisotopic (exact) mass is 379 g/mol. The molecular weight excluding hydrogens is 356 g/mol. The maximum atomic E-state index is 12.7. The highest BCUT2D eigenvalue weighted by Gasteiger charge is 2.36. The Bertz CT molecular complexity index is 883. The third kappa shape index (κ3) is 3.91. The molecule has 1 atom stereocenters. The second-order valence-electron chi connectivity index (χ2n) is 6.89. The summed E-state index contributed by atoms with van der Waals surface area (Å²) in [6, 6.07) is 11.8. The molecule has 0 spiro atoms. The number of hydrogen-bond donors (Lipinski definition) is 1. The number of carbonyl (C=O) groups is 3. The molecule has 1 aliphatic rings. The van der Waals surface area contributed by atoms with Crippen LogP contribution in [-0.4, -0.2) is 24.3 Å². The minimum atomic E-state index is -1.27. The number of carboxylic acid groups (broad SMARTS) is 1. The second-order valence-corrected chi connectivity index (χ2v) is 6.89. The van der Waals surface area contributed by atoms with E-state index >= 15 is 0 Å². The summed E-state index contributed by atoms with van der Waals surface area (Å²) in [5, 5.41) is 13.6. The van der Waals surface area contributed by atoms with Crippen LogP contribution in [0.2, 0.25) is 0 Å². The van der Waals surface area contributed by atoms with E-state index in [1.165, 1.54) is 24.3 Å². The summed E-state index contributed by atoms with van der Waals surface area (Å²) < 4.78 is 0. The average Bonchev–Trinajstić information content (AvgIpc) is 3.09. The SMILES string of the molecule is CCc1cccc(CC)c1N1C[C@H](C(=O)Nc2ccc(C(=O)[O-])cc2)CC1=O. The largest absolute Gasteiger partial charge is 0.545 e. The van der Waals surface area contributed by atoms with Gasteiger partial charge in [0, 0.05) is 24.3 Å². The number of aromatic carboxylic acids is 1. The fraction of sp³-hybridized carbons (Fsp3) is 0.318. The quantitative estimate of drug-likeness (QED) is 0.833. The molecule has 0 aliphatic carbocycles. The summed E-state index contributed by atoms with van der Waals surface area (Å²) in [6.07, 6.45) is 1.79. The predicted molar refractivity (Wildman–Crippen MR) is 105 cm³/mol. The molecular formula is C22H23N2O4-. The van der Waals surface area contributed by atoms with Crippen molar-refractivity contribution in [3.8, 4) is 0 Å². The second kappa shape index (κ2) is 8.25. The molecule has 6 heteroatoms. The zero-order valence-electron chi connectivity index (χ0n) is 16.0. The van der Waals surface area contributed by atoms with Crippen LogP contribution in [0.5, 0.6) is 0 Å². The number of rotatable bonds is 6. The van der Waals surface area contributed by atoms with Crippen LogP contribution in [0.4, 0.5) is 11.4 Å². The van der Waals surface area contributed by atoms with Crippen LogP contribution in [0, 0.1) is 5.92 Å². The molecule has 3 rings (SSSR count). The van der Waals surface area contributed by atoms with Crippen LogP contribution >= 0.6 is 0 Å². The first kappa shape index (κ1) is 19.6. The summed E-state index contributed by atoms with van der Waals surface area (Å²) in [5.74, 6) is -2.02. The molecule has 6 nitrogen and oxygen atoms in total. The predicted octanol–water partition coefficient (Wildman–Crippen LogP) is 2.17. The smallest absolute Gasteiger partial charge is 0.229 e. The number of anilines is 2. The van der Waals surface area contributed by atoms with Crippen molar-refractivity contribution in [3.05, 3.63) is 59.2 Å². The Balaban J connectivity index is 1.76. The highest BCUT2D eigenvalue weighted by atomic mass is 16.4. The number of para-hydroxylation sites is 1. The van der Waals surface area contributed by atoms with E-state index in [1.807, 2.05) is 18.2 Å². The lowest BCUT2D eigenvalue weighted by Crippen LogP contribution is -2.29. The van der Waals surface area contributed by atoms with Gasteiger partial charge in [0.25, 0.3) is 0 Å². The van der Waals surface area contributed by atoms with Crippen molar-refractivity contribution in [2.75, 3.05) is 16.8 Å². The highest BCUT2D eigenvalue weighted by molar-refractivity contribution is 6.04. The van der Waals surface area contributed by atoms with Crippen LogP contribution in [0.25, 0.3) is 0 Å². The van der Waals surface area contributed by atoms with E-state index in [9.17, 15) is 19.5 Å². The molecule has 1 heterocycles. The van der Waals surface area contributed by atoms with E-state index in [2.05, 4.69) is 19.2 Å². The topological polar surface area (TPSA) is 89.5 Å². The maximum absolute atomic E-state index is 12.7. The Morgan fingerprint density at radius 2 is 1.68 bits per heavy atom. The van der Waals surface area contributed by atoms with Crippen molar-refractivity contribution in [1.82, 2.24) is 0 Å². The fourth-order valence-electron chi connectivity index (χ4n) is 3.60. The lowest BCUT2D eigenvalue weighted by molar-refractivity contribution is -0.255. The van der Waals surface area contributed by atoms with E-state index < -0.39 is 11.9 Å². The van der Waals surface area contributed by atoms with E-state index in [0.717, 1.165) is 29.7 Å². The van der Waals surface area contributed by atoms with Crippen molar-refractivity contribution in [3.63, 3.8) is 0 Å². The summed E-state index contributed by atoms with van der Waals surface area (Å²) in [4.78, 5) is 37.9. The van der Waals surface area contributed by atoms with Gasteiger partial charge in [0.1, 0.15) is 0 Å². The van der Waals surface area contributed by atoms with Gasteiger partial charge in [0.15, 0.2) is 0 Å². The molecule has 28 heavy (non-hydrogen) atoms. The number of amides is 2. The molecule has 0 unspecified atom stereocenters. The summed E-state index contributed by atoms with van der Waals surface area (Å²) in [7, 11) is 0. The molecule has 1 aliphatic heterocycles. The van der Waals surface area contributed by atoms with Gasteiger partial charge in [0.05, 0.1) is 11.9 Å². The summed E-state index contributed by atoms with van der Waals surface area (Å²) in [6.45, 7) is 4.45. The Hall–Kier alpha value is -3.15. The van der Waals surface area contributed by atoms with Gasteiger partial charge in [-0.25, -0.2) is 0 Å².